The van der Waals surface area contributed by atoms with Crippen molar-refractivity contribution in [1.82, 2.24) is 4.90 Å². The fourth-order valence-electron chi connectivity index (χ4n) is 3.03. The average Bonchev–Trinajstić information content (AvgIpc) is 3.20. The molecule has 0 saturated heterocycles. The minimum atomic E-state index is -0.320. The Kier molecular flexibility index (Phi) is 6.58. The Morgan fingerprint density at radius 1 is 0.923 bits per heavy atom. The molecule has 0 aliphatic heterocycles. The lowest BCUT2D eigenvalue weighted by Gasteiger charge is -2.30. The molecule has 3 nitrogen and oxygen atoms in total. The number of hydrogen-bond donors (Lipinski definition) is 0. The van der Waals surface area contributed by atoms with Crippen molar-refractivity contribution in [3.63, 3.8) is 0 Å². The van der Waals surface area contributed by atoms with Gasteiger partial charge in [-0.1, -0.05) is 66.7 Å². The molecule has 0 fully saturated rings. The topological polar surface area (TPSA) is 29.5 Å². The lowest BCUT2D eigenvalue weighted by molar-refractivity contribution is -0.147. The van der Waals surface area contributed by atoms with Gasteiger partial charge in [0.25, 0.3) is 0 Å². The summed E-state index contributed by atoms with van der Waals surface area (Å²) in [5.41, 5.74) is 2.37. The molecule has 1 aromatic heterocycles. The van der Waals surface area contributed by atoms with Crippen LogP contribution in [-0.2, 0) is 29.0 Å². The van der Waals surface area contributed by atoms with E-state index >= 15 is 0 Å². The van der Waals surface area contributed by atoms with E-state index in [4.69, 9.17) is 4.74 Å². The van der Waals surface area contributed by atoms with Crippen molar-refractivity contribution in [1.29, 1.82) is 0 Å². The minimum Gasteiger partial charge on any atom is -0.468 e. The molecule has 0 spiro atoms. The van der Waals surface area contributed by atoms with Crippen LogP contribution in [-0.4, -0.2) is 24.0 Å². The van der Waals surface area contributed by atoms with E-state index in [-0.39, 0.29) is 12.0 Å². The van der Waals surface area contributed by atoms with E-state index in [9.17, 15) is 4.79 Å². The molecule has 3 rings (SSSR count). The average molecular weight is 365 g/mol. The molecule has 1 atom stereocenters. The van der Waals surface area contributed by atoms with E-state index in [0.717, 1.165) is 0 Å². The summed E-state index contributed by atoms with van der Waals surface area (Å²) in [5, 5.41) is 2.04. The number of carbonyl (C=O) groups is 1. The van der Waals surface area contributed by atoms with Crippen LogP contribution >= 0.6 is 11.3 Å². The third-order valence-corrected chi connectivity index (χ3v) is 5.24. The Bertz CT molecular complexity index is 746. The van der Waals surface area contributed by atoms with E-state index in [1.807, 2.05) is 47.8 Å². The summed E-state index contributed by atoms with van der Waals surface area (Å²) >= 11 is 1.67. The van der Waals surface area contributed by atoms with Gasteiger partial charge in [-0.2, -0.15) is 0 Å². The SMILES string of the molecule is COC(=O)[C@H](Cc1cccs1)N(Cc1ccccc1)Cc1ccccc1. The van der Waals surface area contributed by atoms with Crippen LogP contribution in [0, 0.1) is 0 Å². The van der Waals surface area contributed by atoms with Crippen LogP contribution in [0.3, 0.4) is 0 Å². The maximum absolute atomic E-state index is 12.6. The summed E-state index contributed by atoms with van der Waals surface area (Å²) in [5.74, 6) is -0.190. The van der Waals surface area contributed by atoms with E-state index in [1.54, 1.807) is 11.3 Å². The van der Waals surface area contributed by atoms with Crippen LogP contribution in [0.15, 0.2) is 78.2 Å². The molecular weight excluding hydrogens is 342 g/mol. The fourth-order valence-corrected chi connectivity index (χ4v) is 3.77. The Hall–Kier alpha value is -2.43. The zero-order valence-corrected chi connectivity index (χ0v) is 15.7. The van der Waals surface area contributed by atoms with Crippen molar-refractivity contribution in [2.24, 2.45) is 0 Å². The van der Waals surface area contributed by atoms with Crippen LogP contribution in [0.4, 0.5) is 0 Å². The molecule has 4 heteroatoms. The molecule has 1 heterocycles. The molecule has 2 aromatic carbocycles. The van der Waals surface area contributed by atoms with Crippen LogP contribution in [0.5, 0.6) is 0 Å². The van der Waals surface area contributed by atoms with Crippen molar-refractivity contribution >= 4 is 17.3 Å². The number of thiophene rings is 1. The smallest absolute Gasteiger partial charge is 0.323 e. The summed E-state index contributed by atoms with van der Waals surface area (Å²) in [6.45, 7) is 1.39. The van der Waals surface area contributed by atoms with E-state index in [2.05, 4.69) is 35.2 Å². The molecule has 0 bridgehead atoms. The third-order valence-electron chi connectivity index (χ3n) is 4.35. The van der Waals surface area contributed by atoms with Gasteiger partial charge < -0.3 is 4.74 Å². The molecule has 0 saturated carbocycles. The van der Waals surface area contributed by atoms with Crippen LogP contribution in [0.25, 0.3) is 0 Å². The molecule has 0 amide bonds. The van der Waals surface area contributed by atoms with Crippen molar-refractivity contribution in [3.8, 4) is 0 Å². The predicted molar refractivity (Wildman–Crippen MR) is 106 cm³/mol. The summed E-state index contributed by atoms with van der Waals surface area (Å²) in [7, 11) is 1.47. The number of ether oxygens (including phenoxy) is 1. The Morgan fingerprint density at radius 3 is 1.96 bits per heavy atom. The van der Waals surface area contributed by atoms with Crippen LogP contribution < -0.4 is 0 Å². The molecule has 0 unspecified atom stereocenters. The van der Waals surface area contributed by atoms with Gasteiger partial charge in [0.05, 0.1) is 7.11 Å². The van der Waals surface area contributed by atoms with Crippen molar-refractivity contribution in [3.05, 3.63) is 94.2 Å². The van der Waals surface area contributed by atoms with Gasteiger partial charge in [0.1, 0.15) is 6.04 Å². The minimum absolute atomic E-state index is 0.190. The monoisotopic (exact) mass is 365 g/mol. The van der Waals surface area contributed by atoms with Gasteiger partial charge >= 0.3 is 5.97 Å². The highest BCUT2D eigenvalue weighted by molar-refractivity contribution is 7.09. The van der Waals surface area contributed by atoms with Gasteiger partial charge in [-0.15, -0.1) is 11.3 Å². The van der Waals surface area contributed by atoms with Crippen molar-refractivity contribution in [2.75, 3.05) is 7.11 Å². The molecule has 0 N–H and O–H groups in total. The van der Waals surface area contributed by atoms with Gasteiger partial charge in [0.15, 0.2) is 0 Å². The Morgan fingerprint density at radius 2 is 1.50 bits per heavy atom. The predicted octanol–water partition coefficient (Wildman–Crippen LogP) is 4.53. The van der Waals surface area contributed by atoms with Crippen LogP contribution in [0.1, 0.15) is 16.0 Å². The van der Waals surface area contributed by atoms with Crippen molar-refractivity contribution in [2.45, 2.75) is 25.6 Å². The summed E-state index contributed by atoms with van der Waals surface area (Å²) in [6, 6.07) is 24.3. The largest absolute Gasteiger partial charge is 0.468 e. The molecule has 26 heavy (non-hydrogen) atoms. The Labute approximate surface area is 158 Å². The summed E-state index contributed by atoms with van der Waals surface area (Å²) in [6.07, 6.45) is 0.657. The van der Waals surface area contributed by atoms with Gasteiger partial charge in [-0.3, -0.25) is 9.69 Å². The fraction of sp³-hybridized carbons (Fsp3) is 0.227. The first-order chi connectivity index (χ1) is 12.8. The molecular formula is C22H23NO2S. The van der Waals surface area contributed by atoms with E-state index < -0.39 is 0 Å². The number of rotatable bonds is 8. The number of carbonyl (C=O) groups excluding carboxylic acids is 1. The first-order valence-corrected chi connectivity index (χ1v) is 9.56. The normalized spacial score (nSPS) is 12.1. The van der Waals surface area contributed by atoms with Gasteiger partial charge in [-0.25, -0.2) is 0 Å². The highest BCUT2D eigenvalue weighted by Gasteiger charge is 2.27. The van der Waals surface area contributed by atoms with E-state index in [0.29, 0.717) is 19.5 Å². The second kappa shape index (κ2) is 9.32. The molecule has 0 aliphatic rings. The zero-order valence-electron chi connectivity index (χ0n) is 14.9. The number of hydrogen-bond acceptors (Lipinski definition) is 4. The highest BCUT2D eigenvalue weighted by Crippen LogP contribution is 2.20. The van der Waals surface area contributed by atoms with Gasteiger partial charge in [0.2, 0.25) is 0 Å². The second-order valence-corrected chi connectivity index (χ2v) is 7.23. The Balaban J connectivity index is 1.88. The molecule has 3 aromatic rings. The highest BCUT2D eigenvalue weighted by atomic mass is 32.1. The quantitative estimate of drug-likeness (QED) is 0.549. The first kappa shape index (κ1) is 18.4. The molecule has 134 valence electrons. The summed E-state index contributed by atoms with van der Waals surface area (Å²) < 4.78 is 5.14. The molecule has 0 aliphatic carbocycles. The van der Waals surface area contributed by atoms with Gasteiger partial charge in [-0.05, 0) is 22.6 Å². The van der Waals surface area contributed by atoms with Crippen molar-refractivity contribution < 1.29 is 9.53 Å². The number of esters is 1. The standard InChI is InChI=1S/C22H23NO2S/c1-25-22(24)21(15-20-13-8-14-26-20)23(16-18-9-4-2-5-10-18)17-19-11-6-3-7-12-19/h2-14,21H,15-17H2,1H3/t21-/m0/s1. The second-order valence-electron chi connectivity index (χ2n) is 6.20. The first-order valence-electron chi connectivity index (χ1n) is 8.68. The maximum Gasteiger partial charge on any atom is 0.323 e. The summed E-state index contributed by atoms with van der Waals surface area (Å²) in [4.78, 5) is 16.0. The lowest BCUT2D eigenvalue weighted by Crippen LogP contribution is -2.42. The molecule has 0 radical (unpaired) electrons. The number of nitrogens with zero attached hydrogens (tertiary/aromatic N) is 1. The van der Waals surface area contributed by atoms with Gasteiger partial charge in [0, 0.05) is 24.4 Å². The lowest BCUT2D eigenvalue weighted by atomic mass is 10.1. The van der Waals surface area contributed by atoms with E-state index in [1.165, 1.54) is 23.1 Å². The van der Waals surface area contributed by atoms with Crippen LogP contribution in [0.2, 0.25) is 0 Å². The number of benzene rings is 2. The number of methoxy groups -OCH3 is 1. The zero-order chi connectivity index (χ0) is 18.2. The maximum atomic E-state index is 12.6. The third kappa shape index (κ3) is 5.04.